The highest BCUT2D eigenvalue weighted by molar-refractivity contribution is 5.85. The Morgan fingerprint density at radius 2 is 1.71 bits per heavy atom. The van der Waals surface area contributed by atoms with E-state index in [1.807, 2.05) is 6.92 Å². The molecule has 1 aromatic rings. The number of amides is 2. The molecule has 3 atom stereocenters. The number of carbonyl (C=O) groups is 2. The first-order valence-corrected chi connectivity index (χ1v) is 10.3. The fourth-order valence-corrected chi connectivity index (χ4v) is 3.80. The molecule has 2 fully saturated rings. The number of rotatable bonds is 6. The van der Waals surface area contributed by atoms with Crippen LogP contribution >= 0.6 is 0 Å². The second-order valence-electron chi connectivity index (χ2n) is 8.20. The lowest BCUT2D eigenvalue weighted by molar-refractivity contribution is -0.149. The first kappa shape index (κ1) is 20.8. The third-order valence-electron chi connectivity index (χ3n) is 5.39. The smallest absolute Gasteiger partial charge is 0.251 e. The molecule has 6 heteroatoms. The molecule has 0 aromatic heterocycles. The summed E-state index contributed by atoms with van der Waals surface area (Å²) in [7, 11) is 0. The van der Waals surface area contributed by atoms with Crippen LogP contribution in [0.15, 0.2) is 24.3 Å². The third-order valence-corrected chi connectivity index (χ3v) is 5.39. The van der Waals surface area contributed by atoms with Crippen molar-refractivity contribution in [1.82, 2.24) is 10.2 Å². The first-order valence-electron chi connectivity index (χ1n) is 10.3. The van der Waals surface area contributed by atoms with Crippen molar-refractivity contribution in [2.75, 3.05) is 26.3 Å². The number of nitrogens with zero attached hydrogens (tertiary/aromatic N) is 1. The van der Waals surface area contributed by atoms with E-state index in [1.54, 1.807) is 4.90 Å². The molecule has 2 saturated heterocycles. The van der Waals surface area contributed by atoms with E-state index in [4.69, 9.17) is 9.47 Å². The summed E-state index contributed by atoms with van der Waals surface area (Å²) in [5, 5.41) is 3.03. The Hall–Kier alpha value is -1.92. The van der Waals surface area contributed by atoms with Crippen molar-refractivity contribution in [3.63, 3.8) is 0 Å². The molecule has 154 valence electrons. The predicted molar refractivity (Wildman–Crippen MR) is 107 cm³/mol. The molecule has 2 heterocycles. The van der Waals surface area contributed by atoms with Crippen molar-refractivity contribution in [2.45, 2.75) is 58.3 Å². The Kier molecular flexibility index (Phi) is 7.08. The van der Waals surface area contributed by atoms with Crippen molar-refractivity contribution >= 4 is 11.8 Å². The van der Waals surface area contributed by atoms with E-state index in [-0.39, 0.29) is 17.9 Å². The molecular formula is C22H32N2O4. The van der Waals surface area contributed by atoms with E-state index in [9.17, 15) is 9.59 Å². The average molecular weight is 389 g/mol. The zero-order valence-electron chi connectivity index (χ0n) is 17.1. The van der Waals surface area contributed by atoms with Gasteiger partial charge in [0.05, 0.1) is 19.3 Å². The highest BCUT2D eigenvalue weighted by Gasteiger charge is 2.37. The summed E-state index contributed by atoms with van der Waals surface area (Å²) in [5.41, 5.74) is 2.38. The van der Waals surface area contributed by atoms with E-state index >= 15 is 0 Å². The van der Waals surface area contributed by atoms with E-state index < -0.39 is 12.2 Å². The number of hydrogen-bond acceptors (Lipinski definition) is 4. The lowest BCUT2D eigenvalue weighted by Gasteiger charge is -2.29. The van der Waals surface area contributed by atoms with Crippen LogP contribution in [0, 0.1) is 5.92 Å². The van der Waals surface area contributed by atoms with Crippen molar-refractivity contribution in [3.8, 4) is 0 Å². The van der Waals surface area contributed by atoms with Gasteiger partial charge in [-0.2, -0.15) is 0 Å². The number of hydrogen-bond donors (Lipinski definition) is 1. The van der Waals surface area contributed by atoms with Gasteiger partial charge in [0, 0.05) is 13.1 Å². The van der Waals surface area contributed by atoms with Crippen LogP contribution in [0.2, 0.25) is 0 Å². The van der Waals surface area contributed by atoms with Gasteiger partial charge in [-0.15, -0.1) is 0 Å². The van der Waals surface area contributed by atoms with Crippen LogP contribution in [-0.2, 0) is 25.5 Å². The number of morpholine rings is 1. The molecule has 1 unspecified atom stereocenters. The van der Waals surface area contributed by atoms with Gasteiger partial charge in [-0.3, -0.25) is 9.59 Å². The topological polar surface area (TPSA) is 67.9 Å². The summed E-state index contributed by atoms with van der Waals surface area (Å²) in [4.78, 5) is 26.9. The highest BCUT2D eigenvalue weighted by atomic mass is 16.5. The van der Waals surface area contributed by atoms with Crippen molar-refractivity contribution in [2.24, 2.45) is 5.92 Å². The molecule has 0 spiro atoms. The summed E-state index contributed by atoms with van der Waals surface area (Å²) in [6.45, 7) is 8.70. The van der Waals surface area contributed by atoms with Gasteiger partial charge in [0.15, 0.2) is 0 Å². The molecule has 1 aromatic carbocycles. The van der Waals surface area contributed by atoms with Crippen LogP contribution in [0.5, 0.6) is 0 Å². The molecule has 0 saturated carbocycles. The van der Waals surface area contributed by atoms with Gasteiger partial charge in [-0.05, 0) is 43.2 Å². The minimum absolute atomic E-state index is 0.0209. The minimum atomic E-state index is -0.558. The van der Waals surface area contributed by atoms with Crippen LogP contribution in [0.4, 0.5) is 0 Å². The Labute approximate surface area is 167 Å². The lowest BCUT2D eigenvalue weighted by atomic mass is 10.00. The molecule has 1 N–H and O–H groups in total. The number of benzene rings is 1. The molecule has 2 aliphatic heterocycles. The second kappa shape index (κ2) is 9.52. The van der Waals surface area contributed by atoms with Gasteiger partial charge >= 0.3 is 0 Å². The van der Waals surface area contributed by atoms with E-state index in [0.717, 1.165) is 12.0 Å². The number of carbonyl (C=O) groups excluding carboxylic acids is 2. The molecular weight excluding hydrogens is 356 g/mol. The Bertz CT molecular complexity index is 668. The maximum atomic E-state index is 12.6. The standard InChI is InChI=1S/C22H32N2O4/c1-15(2)14-17-4-6-18(7-5-17)16(3)23-21(25)19-8-9-20(28-19)22(26)24-10-12-27-13-11-24/h4-7,15-16,19-20H,8-14H2,1-3H3,(H,23,25)/t16?,19-,20+/m0/s1. The van der Waals surface area contributed by atoms with Crippen LogP contribution in [0.25, 0.3) is 0 Å². The SMILES string of the molecule is CC(C)Cc1ccc(C(C)NC(=O)[C@@H]2CC[C@H](C(=O)N3CCOCC3)O2)cc1. The molecule has 0 bridgehead atoms. The van der Waals surface area contributed by atoms with Gasteiger partial charge in [0.1, 0.15) is 12.2 Å². The quantitative estimate of drug-likeness (QED) is 0.813. The van der Waals surface area contributed by atoms with Crippen LogP contribution < -0.4 is 5.32 Å². The fraction of sp³-hybridized carbons (Fsp3) is 0.636. The largest absolute Gasteiger partial charge is 0.378 e. The van der Waals surface area contributed by atoms with Crippen molar-refractivity contribution in [3.05, 3.63) is 35.4 Å². The maximum absolute atomic E-state index is 12.6. The Balaban J connectivity index is 1.49. The lowest BCUT2D eigenvalue weighted by Crippen LogP contribution is -2.46. The zero-order valence-corrected chi connectivity index (χ0v) is 17.1. The summed E-state index contributed by atoms with van der Waals surface area (Å²) in [6, 6.07) is 8.30. The van der Waals surface area contributed by atoms with Crippen molar-refractivity contribution < 1.29 is 19.1 Å². The van der Waals surface area contributed by atoms with E-state index in [1.165, 1.54) is 5.56 Å². The van der Waals surface area contributed by atoms with Crippen molar-refractivity contribution in [1.29, 1.82) is 0 Å². The summed E-state index contributed by atoms with van der Waals surface area (Å²) >= 11 is 0. The molecule has 0 radical (unpaired) electrons. The minimum Gasteiger partial charge on any atom is -0.378 e. The highest BCUT2D eigenvalue weighted by Crippen LogP contribution is 2.23. The predicted octanol–water partition coefficient (Wildman–Crippen LogP) is 2.47. The van der Waals surface area contributed by atoms with Crippen LogP contribution in [-0.4, -0.2) is 55.2 Å². The number of nitrogens with one attached hydrogen (secondary N) is 1. The summed E-state index contributed by atoms with van der Waals surface area (Å²) < 4.78 is 11.1. The van der Waals surface area contributed by atoms with Crippen LogP contribution in [0.3, 0.4) is 0 Å². The van der Waals surface area contributed by atoms with Crippen LogP contribution in [0.1, 0.15) is 50.8 Å². The normalized spacial score (nSPS) is 23.6. The number of ether oxygens (including phenoxy) is 2. The maximum Gasteiger partial charge on any atom is 0.251 e. The van der Waals surface area contributed by atoms with E-state index in [0.29, 0.717) is 45.1 Å². The monoisotopic (exact) mass is 388 g/mol. The third kappa shape index (κ3) is 5.32. The molecule has 28 heavy (non-hydrogen) atoms. The first-order chi connectivity index (χ1) is 13.4. The van der Waals surface area contributed by atoms with Gasteiger partial charge in [-0.1, -0.05) is 38.1 Å². The van der Waals surface area contributed by atoms with E-state index in [2.05, 4.69) is 43.4 Å². The van der Waals surface area contributed by atoms with Gasteiger partial charge in [-0.25, -0.2) is 0 Å². The molecule has 2 amide bonds. The summed E-state index contributed by atoms with van der Waals surface area (Å²) in [6.07, 6.45) is 1.14. The molecule has 0 aliphatic carbocycles. The molecule has 2 aliphatic rings. The zero-order chi connectivity index (χ0) is 20.1. The molecule has 3 rings (SSSR count). The average Bonchev–Trinajstić information content (AvgIpc) is 3.18. The van der Waals surface area contributed by atoms with Gasteiger partial charge in [0.25, 0.3) is 5.91 Å². The Morgan fingerprint density at radius 1 is 1.07 bits per heavy atom. The Morgan fingerprint density at radius 3 is 2.36 bits per heavy atom. The summed E-state index contributed by atoms with van der Waals surface area (Å²) in [5.74, 6) is 0.457. The van der Waals surface area contributed by atoms with Gasteiger partial charge in [0.2, 0.25) is 5.91 Å². The second-order valence-corrected chi connectivity index (χ2v) is 8.20. The molecule has 6 nitrogen and oxygen atoms in total. The van der Waals surface area contributed by atoms with Gasteiger partial charge < -0.3 is 19.7 Å². The fourth-order valence-electron chi connectivity index (χ4n) is 3.80.